The van der Waals surface area contributed by atoms with Gasteiger partial charge in [0.2, 0.25) is 0 Å². The minimum atomic E-state index is -4.58. The number of nitrogens with one attached hydrogen (secondary N) is 1. The van der Waals surface area contributed by atoms with E-state index < -0.39 is 31.7 Å². The van der Waals surface area contributed by atoms with Crippen molar-refractivity contribution in [3.63, 3.8) is 0 Å². The van der Waals surface area contributed by atoms with Gasteiger partial charge in [-0.3, -0.25) is 0 Å². The molecule has 0 spiro atoms. The molecular weight excluding hydrogens is 346 g/mol. The standard InChI is InChI=1S/C9H7F4O.C4H7NO.CH3.Fe/c1-2-14-8-4-3-6(5-7(8)10)9(11,12)13;5-4(6)3-1-2-3;;/h3-5H,1-2H2;3H,1-2H2,(H2,5,6);1H3;/q;;;+1/p-1. The fourth-order valence-corrected chi connectivity index (χ4v) is 2.94. The first kappa shape index (κ1) is 17.1. The number of hydrogen-bond acceptors (Lipinski definition) is 2. The van der Waals surface area contributed by atoms with Crippen LogP contribution in [-0.4, -0.2) is 12.5 Å². The molecule has 1 aromatic carbocycles. The Labute approximate surface area is 130 Å². The molecule has 125 valence electrons. The molecule has 1 saturated carbocycles. The number of benzene rings is 1. The Morgan fingerprint density at radius 1 is 1.41 bits per heavy atom. The van der Waals surface area contributed by atoms with E-state index in [-0.39, 0.29) is 24.2 Å². The van der Waals surface area contributed by atoms with E-state index in [0.29, 0.717) is 11.4 Å². The number of alkyl halides is 3. The van der Waals surface area contributed by atoms with Crippen LogP contribution in [0.1, 0.15) is 18.4 Å². The predicted molar refractivity (Wildman–Crippen MR) is 68.4 cm³/mol. The Morgan fingerprint density at radius 3 is 2.64 bits per heavy atom. The van der Waals surface area contributed by atoms with Crippen molar-refractivity contribution < 1.29 is 41.2 Å². The molecule has 1 amide bonds. The third-order valence-corrected chi connectivity index (χ3v) is 4.84. The third kappa shape index (κ3) is 4.88. The molecule has 8 heteroatoms. The van der Waals surface area contributed by atoms with Crippen molar-refractivity contribution in [2.45, 2.75) is 30.2 Å². The van der Waals surface area contributed by atoms with E-state index in [1.54, 1.807) is 0 Å². The van der Waals surface area contributed by atoms with Crippen molar-refractivity contribution in [2.24, 2.45) is 5.92 Å². The predicted octanol–water partition coefficient (Wildman–Crippen LogP) is 3.75. The van der Waals surface area contributed by atoms with Gasteiger partial charge >= 0.3 is 129 Å². The Bertz CT molecular complexity index is 546. The van der Waals surface area contributed by atoms with E-state index in [0.717, 1.165) is 25.0 Å². The maximum absolute atomic E-state index is 13.5. The number of hydrogen-bond donors (Lipinski definition) is 1. The van der Waals surface area contributed by atoms with Crippen LogP contribution in [-0.2, 0) is 25.1 Å². The van der Waals surface area contributed by atoms with Crippen molar-refractivity contribution in [3.05, 3.63) is 29.6 Å². The zero-order valence-corrected chi connectivity index (χ0v) is 12.9. The van der Waals surface area contributed by atoms with Crippen molar-refractivity contribution in [1.29, 1.82) is 0 Å². The summed E-state index contributed by atoms with van der Waals surface area (Å²) in [5, 5.41) is 0.527. The van der Waals surface area contributed by atoms with Crippen LogP contribution in [0.5, 0.6) is 5.75 Å². The molecule has 0 bridgehead atoms. The fraction of sp³-hybridized carbons (Fsp3) is 0.500. The number of ether oxygens (including phenoxy) is 1. The molecule has 1 N–H and O–H groups in total. The average Bonchev–Trinajstić information content (AvgIpc) is 3.23. The normalized spacial score (nSPS) is 15.4. The molecule has 22 heavy (non-hydrogen) atoms. The monoisotopic (exact) mass is 362 g/mol. The number of carbonyl (C=O) groups excluding carboxylic acids is 1. The molecule has 0 unspecified atom stereocenters. The third-order valence-electron chi connectivity index (χ3n) is 3.04. The van der Waals surface area contributed by atoms with Crippen LogP contribution in [0.3, 0.4) is 0 Å². The summed E-state index contributed by atoms with van der Waals surface area (Å²) in [6, 6.07) is 2.17. The van der Waals surface area contributed by atoms with Gasteiger partial charge in [0.05, 0.1) is 0 Å². The molecule has 0 saturated heterocycles. The van der Waals surface area contributed by atoms with Gasteiger partial charge < -0.3 is 0 Å². The molecule has 0 heterocycles. The summed E-state index contributed by atoms with van der Waals surface area (Å²) < 4.78 is 58.8. The van der Waals surface area contributed by atoms with E-state index in [1.165, 1.54) is 0 Å². The molecule has 1 aromatic rings. The van der Waals surface area contributed by atoms with Crippen LogP contribution in [0.25, 0.3) is 0 Å². The Balaban J connectivity index is 1.80. The first-order valence-electron chi connectivity index (χ1n) is 6.58. The van der Waals surface area contributed by atoms with E-state index in [1.807, 2.05) is 5.82 Å². The molecule has 0 radical (unpaired) electrons. The Morgan fingerprint density at radius 2 is 2.09 bits per heavy atom. The van der Waals surface area contributed by atoms with Gasteiger partial charge in [0.25, 0.3) is 0 Å². The molecule has 2 rings (SSSR count). The van der Waals surface area contributed by atoms with E-state index in [2.05, 4.69) is 4.33 Å². The van der Waals surface area contributed by atoms with Crippen LogP contribution in [0.4, 0.5) is 17.6 Å². The first-order valence-corrected chi connectivity index (χ1v) is 9.01. The number of rotatable bonds is 6. The maximum atomic E-state index is 13.5. The molecule has 1 aliphatic carbocycles. The topological polar surface area (TPSA) is 38.3 Å². The summed E-state index contributed by atoms with van der Waals surface area (Å²) in [4.78, 5) is 11.5. The van der Waals surface area contributed by atoms with Gasteiger partial charge in [-0.15, -0.1) is 0 Å². The van der Waals surface area contributed by atoms with E-state index in [4.69, 9.17) is 4.74 Å². The SMILES string of the molecule is [CH3][Fe]([CH2]COc1ccc(C(F)(F)F)cc1F)[NH]C(=O)C1CC1. The van der Waals surface area contributed by atoms with Gasteiger partial charge in [0, 0.05) is 0 Å². The van der Waals surface area contributed by atoms with Crippen molar-refractivity contribution in [3.8, 4) is 5.75 Å². The summed E-state index contributed by atoms with van der Waals surface area (Å²) in [5.74, 6) is 0.797. The molecule has 1 aliphatic rings. The fourth-order valence-electron chi connectivity index (χ4n) is 1.66. The van der Waals surface area contributed by atoms with E-state index >= 15 is 0 Å². The molecule has 3 nitrogen and oxygen atoms in total. The van der Waals surface area contributed by atoms with Crippen LogP contribution in [0.2, 0.25) is 11.1 Å². The second-order valence-corrected chi connectivity index (χ2v) is 7.50. The first-order chi connectivity index (χ1) is 10.3. The van der Waals surface area contributed by atoms with Gasteiger partial charge in [0.15, 0.2) is 0 Å². The number of halogens is 4. The summed E-state index contributed by atoms with van der Waals surface area (Å²) in [7, 11) is 0. The quantitative estimate of drug-likeness (QED) is 0.619. The number of carbonyl (C=O) groups is 1. The van der Waals surface area contributed by atoms with Gasteiger partial charge in [-0.1, -0.05) is 0 Å². The zero-order chi connectivity index (χ0) is 16.3. The minimum absolute atomic E-state index is 0.0446. The number of amides is 1. The summed E-state index contributed by atoms with van der Waals surface area (Å²) >= 11 is -0.952. The van der Waals surface area contributed by atoms with Gasteiger partial charge in [-0.2, -0.15) is 0 Å². The van der Waals surface area contributed by atoms with Crippen LogP contribution in [0, 0.1) is 11.7 Å². The Kier molecular flexibility index (Phi) is 5.34. The van der Waals surface area contributed by atoms with Crippen LogP contribution >= 0.6 is 0 Å². The average molecular weight is 362 g/mol. The zero-order valence-electron chi connectivity index (χ0n) is 11.8. The summed E-state index contributed by atoms with van der Waals surface area (Å²) in [6.45, 7) is 0.143. The molecular formula is C14H16F4FeNO2. The van der Waals surface area contributed by atoms with Crippen molar-refractivity contribution in [1.82, 2.24) is 4.33 Å². The van der Waals surface area contributed by atoms with Gasteiger partial charge in [-0.25, -0.2) is 0 Å². The summed E-state index contributed by atoms with van der Waals surface area (Å²) in [5.41, 5.74) is -1.05. The summed E-state index contributed by atoms with van der Waals surface area (Å²) in [6.07, 6.45) is -2.73. The Hall–Kier alpha value is -1.27. The molecule has 1 fully saturated rings. The molecule has 0 aromatic heterocycles. The van der Waals surface area contributed by atoms with Gasteiger partial charge in [-0.05, 0) is 0 Å². The van der Waals surface area contributed by atoms with Crippen molar-refractivity contribution in [2.75, 3.05) is 6.61 Å². The second kappa shape index (κ2) is 6.87. The van der Waals surface area contributed by atoms with Crippen molar-refractivity contribution >= 4 is 5.91 Å². The molecule has 0 atom stereocenters. The van der Waals surface area contributed by atoms with Gasteiger partial charge in [0.1, 0.15) is 0 Å². The van der Waals surface area contributed by atoms with E-state index in [9.17, 15) is 22.4 Å². The van der Waals surface area contributed by atoms with Crippen LogP contribution < -0.4 is 9.07 Å². The van der Waals surface area contributed by atoms with Crippen LogP contribution in [0.15, 0.2) is 18.2 Å². The molecule has 0 aliphatic heterocycles. The second-order valence-electron chi connectivity index (χ2n) is 4.95.